The molecule has 0 bridgehead atoms. The molecule has 12 nitrogen and oxygen atoms in total. The van der Waals surface area contributed by atoms with Crippen LogP contribution in [0.15, 0.2) is 95.8 Å². The van der Waals surface area contributed by atoms with E-state index in [0.29, 0.717) is 94.8 Å². The number of carbonyl (C=O) groups excluding carboxylic acids is 2. The van der Waals surface area contributed by atoms with Gasteiger partial charge in [0.1, 0.15) is 29.9 Å². The van der Waals surface area contributed by atoms with Crippen LogP contribution in [0.4, 0.5) is 4.39 Å². The molecule has 13 heteroatoms. The lowest BCUT2D eigenvalue weighted by Gasteiger charge is -2.36. The van der Waals surface area contributed by atoms with Crippen LogP contribution in [0.5, 0.6) is 5.75 Å². The number of hydrogen-bond donors (Lipinski definition) is 0. The van der Waals surface area contributed by atoms with Crippen LogP contribution in [-0.4, -0.2) is 92.3 Å². The van der Waals surface area contributed by atoms with Gasteiger partial charge in [-0.25, -0.2) is 4.39 Å². The van der Waals surface area contributed by atoms with Crippen molar-refractivity contribution in [1.82, 2.24) is 28.4 Å². The lowest BCUT2D eigenvalue weighted by molar-refractivity contribution is -0.131. The first-order valence-electron chi connectivity index (χ1n) is 22.7. The number of carbonyl (C=O) groups is 2. The van der Waals surface area contributed by atoms with Gasteiger partial charge in [-0.15, -0.1) is 0 Å². The number of halogens is 1. The predicted octanol–water partition coefficient (Wildman–Crippen LogP) is 7.23. The molecule has 0 aliphatic carbocycles. The van der Waals surface area contributed by atoms with E-state index >= 15 is 9.18 Å². The Balaban J connectivity index is 1.01. The molecule has 4 aromatic carbocycles. The fourth-order valence-electron chi connectivity index (χ4n) is 10.2. The van der Waals surface area contributed by atoms with Gasteiger partial charge >= 0.3 is 0 Å². The number of pyridine rings is 1. The zero-order chi connectivity index (χ0) is 45.8. The van der Waals surface area contributed by atoms with Gasteiger partial charge in [-0.1, -0.05) is 36.4 Å². The number of nitriles is 1. The van der Waals surface area contributed by atoms with Gasteiger partial charge in [-0.3, -0.25) is 23.9 Å². The molecular formula is C53H52FN7O5. The van der Waals surface area contributed by atoms with Crippen molar-refractivity contribution in [2.24, 2.45) is 14.1 Å². The van der Waals surface area contributed by atoms with Gasteiger partial charge in [-0.05, 0) is 109 Å². The average molecular weight is 886 g/mol. The summed E-state index contributed by atoms with van der Waals surface area (Å²) in [4.78, 5) is 50.1. The molecule has 10 rings (SSSR count). The van der Waals surface area contributed by atoms with Gasteiger partial charge < -0.3 is 28.4 Å². The molecule has 336 valence electrons. The highest BCUT2D eigenvalue weighted by Gasteiger charge is 2.32. The van der Waals surface area contributed by atoms with E-state index in [1.165, 1.54) is 17.7 Å². The topological polar surface area (TPSA) is 118 Å². The normalized spacial score (nSPS) is 16.3. The van der Waals surface area contributed by atoms with Crippen molar-refractivity contribution in [2.75, 3.05) is 46.0 Å². The number of benzene rings is 4. The third-order valence-electron chi connectivity index (χ3n) is 14.0. The lowest BCUT2D eigenvalue weighted by Crippen LogP contribution is -2.43. The highest BCUT2D eigenvalue weighted by molar-refractivity contribution is 6.08. The van der Waals surface area contributed by atoms with Crippen molar-refractivity contribution >= 4 is 33.6 Å². The van der Waals surface area contributed by atoms with Crippen LogP contribution in [0.2, 0.25) is 0 Å². The van der Waals surface area contributed by atoms with Gasteiger partial charge in [0.2, 0.25) is 5.91 Å². The standard InChI is InChI=1S/C53H52FN7O5/c1-33-23-36-7-5-6-8-38(36)32-60(33)52(63)44-26-39-31-59(50(62)24-35-9-12-42(13-10-35)66-22-19-58-17-20-65-21-18-58)16-15-37(39)25-43(44)49-29-46-51(57(49)4)45-27-40(54)11-14-47(45)61(53(46)64)48-28-41(30-55)56(3)34(48)2/h5-14,25-29,33H,15-24,31-32H2,1-4H3/t33-/m1/s1. The Morgan fingerprint density at radius 2 is 1.64 bits per heavy atom. The fraction of sp³-hybridized carbons (Fsp3) is 0.321. The van der Waals surface area contributed by atoms with Crippen molar-refractivity contribution in [3.05, 3.63) is 152 Å². The first-order valence-corrected chi connectivity index (χ1v) is 22.7. The highest BCUT2D eigenvalue weighted by Crippen LogP contribution is 2.38. The maximum atomic E-state index is 15.3. The predicted molar refractivity (Wildman–Crippen MR) is 251 cm³/mol. The van der Waals surface area contributed by atoms with E-state index < -0.39 is 5.82 Å². The molecule has 3 aliphatic heterocycles. The minimum atomic E-state index is -0.455. The minimum Gasteiger partial charge on any atom is -0.492 e. The maximum Gasteiger partial charge on any atom is 0.265 e. The molecule has 2 amide bonds. The summed E-state index contributed by atoms with van der Waals surface area (Å²) in [5.74, 6) is 0.166. The van der Waals surface area contributed by atoms with Crippen LogP contribution in [-0.2, 0) is 56.0 Å². The summed E-state index contributed by atoms with van der Waals surface area (Å²) in [6.07, 6.45) is 1.52. The molecule has 1 atom stereocenters. The second-order valence-corrected chi connectivity index (χ2v) is 17.9. The molecule has 66 heavy (non-hydrogen) atoms. The molecule has 6 heterocycles. The number of amides is 2. The Bertz CT molecular complexity index is 3170. The van der Waals surface area contributed by atoms with E-state index in [2.05, 4.69) is 36.1 Å². The van der Waals surface area contributed by atoms with Crippen molar-refractivity contribution in [3.8, 4) is 28.8 Å². The van der Waals surface area contributed by atoms with E-state index in [1.807, 2.05) is 76.9 Å². The number of hydrogen-bond acceptors (Lipinski definition) is 7. The summed E-state index contributed by atoms with van der Waals surface area (Å²) in [6.45, 7) is 9.95. The molecule has 0 saturated carbocycles. The van der Waals surface area contributed by atoms with Gasteiger partial charge in [0.25, 0.3) is 11.5 Å². The van der Waals surface area contributed by atoms with Gasteiger partial charge in [0.15, 0.2) is 0 Å². The largest absolute Gasteiger partial charge is 0.492 e. The molecule has 0 radical (unpaired) electrons. The van der Waals surface area contributed by atoms with E-state index in [1.54, 1.807) is 28.3 Å². The molecule has 1 saturated heterocycles. The van der Waals surface area contributed by atoms with Crippen molar-refractivity contribution < 1.29 is 23.5 Å². The Kier molecular flexibility index (Phi) is 11.3. The summed E-state index contributed by atoms with van der Waals surface area (Å²) >= 11 is 0. The molecule has 1 fully saturated rings. The number of fused-ring (bicyclic) bond motifs is 5. The van der Waals surface area contributed by atoms with E-state index in [9.17, 15) is 14.9 Å². The van der Waals surface area contributed by atoms with Crippen molar-refractivity contribution in [2.45, 2.75) is 52.2 Å². The smallest absolute Gasteiger partial charge is 0.265 e. The minimum absolute atomic E-state index is 0.000495. The van der Waals surface area contributed by atoms with Crippen molar-refractivity contribution in [3.63, 3.8) is 0 Å². The number of aryl methyl sites for hydroxylation is 1. The van der Waals surface area contributed by atoms with Crippen LogP contribution in [0, 0.1) is 24.1 Å². The van der Waals surface area contributed by atoms with E-state index in [0.717, 1.165) is 60.9 Å². The van der Waals surface area contributed by atoms with Crippen molar-refractivity contribution in [1.29, 1.82) is 5.26 Å². The zero-order valence-corrected chi connectivity index (χ0v) is 37.8. The van der Waals surface area contributed by atoms with Gasteiger partial charge in [0, 0.05) is 87.3 Å². The van der Waals surface area contributed by atoms with Crippen LogP contribution >= 0.6 is 0 Å². The summed E-state index contributed by atoms with van der Waals surface area (Å²) in [5.41, 5.74) is 9.24. The quantitative estimate of drug-likeness (QED) is 0.150. The van der Waals surface area contributed by atoms with Crippen LogP contribution in [0.1, 0.15) is 56.5 Å². The monoisotopic (exact) mass is 885 g/mol. The highest BCUT2D eigenvalue weighted by atomic mass is 19.1. The Morgan fingerprint density at radius 3 is 2.39 bits per heavy atom. The molecule has 0 unspecified atom stereocenters. The maximum absolute atomic E-state index is 15.3. The first kappa shape index (κ1) is 42.9. The fourth-order valence-corrected chi connectivity index (χ4v) is 10.2. The average Bonchev–Trinajstić information content (AvgIpc) is 3.83. The number of rotatable bonds is 9. The lowest BCUT2D eigenvalue weighted by atomic mass is 9.89. The second-order valence-electron chi connectivity index (χ2n) is 17.9. The third kappa shape index (κ3) is 7.73. The first-order chi connectivity index (χ1) is 32.0. The number of aromatic nitrogens is 3. The summed E-state index contributed by atoms with van der Waals surface area (Å²) in [5, 5.41) is 10.7. The molecule has 7 aromatic rings. The number of ether oxygens (including phenoxy) is 2. The molecular weight excluding hydrogens is 834 g/mol. The zero-order valence-electron chi connectivity index (χ0n) is 37.8. The molecule has 0 spiro atoms. The van der Waals surface area contributed by atoms with Crippen LogP contribution < -0.4 is 10.3 Å². The Morgan fingerprint density at radius 1 is 0.864 bits per heavy atom. The van der Waals surface area contributed by atoms with Crippen LogP contribution in [0.3, 0.4) is 0 Å². The van der Waals surface area contributed by atoms with E-state index in [-0.39, 0.29) is 29.8 Å². The molecule has 0 N–H and O–H groups in total. The second kappa shape index (κ2) is 17.4. The summed E-state index contributed by atoms with van der Waals surface area (Å²) < 4.78 is 31.9. The third-order valence-corrected chi connectivity index (χ3v) is 14.0. The van der Waals surface area contributed by atoms with Gasteiger partial charge in [-0.2, -0.15) is 5.26 Å². The summed E-state index contributed by atoms with van der Waals surface area (Å²) in [6, 6.07) is 29.9. The summed E-state index contributed by atoms with van der Waals surface area (Å²) in [7, 11) is 3.63. The SMILES string of the molecule is Cc1c(-n2c(=O)c3cc(-c4cc5c(cc4C(=O)N4Cc6ccccc6C[C@H]4C)CN(C(=O)Cc4ccc(OCCN6CCOCC6)cc4)CC5)n(C)c3c3cc(F)ccc32)cc(C#N)n1C. The van der Waals surface area contributed by atoms with Gasteiger partial charge in [0.05, 0.1) is 41.7 Å². The number of nitrogens with zero attached hydrogens (tertiary/aromatic N) is 7. The molecule has 3 aliphatic rings. The number of morpholine rings is 1. The Hall–Kier alpha value is -7.01. The van der Waals surface area contributed by atoms with E-state index in [4.69, 9.17) is 9.47 Å². The molecule has 3 aromatic heterocycles. The Labute approximate surface area is 382 Å². The van der Waals surface area contributed by atoms with Crippen LogP contribution in [0.25, 0.3) is 38.8 Å².